The molecule has 0 radical (unpaired) electrons. The van der Waals surface area contributed by atoms with Gasteiger partial charge >= 0.3 is 0 Å². The van der Waals surface area contributed by atoms with Gasteiger partial charge in [0.1, 0.15) is 5.69 Å². The molecule has 0 bridgehead atoms. The van der Waals surface area contributed by atoms with Gasteiger partial charge < -0.3 is 10.5 Å². The van der Waals surface area contributed by atoms with Crippen molar-refractivity contribution in [3.63, 3.8) is 0 Å². The minimum atomic E-state index is -0.468. The van der Waals surface area contributed by atoms with Crippen LogP contribution in [0, 0.1) is 22.0 Å². The number of nitrogens with zero attached hydrogens (tertiary/aromatic N) is 1. The molecule has 0 heterocycles. The van der Waals surface area contributed by atoms with Crippen molar-refractivity contribution in [2.45, 2.75) is 45.8 Å². The topological polar surface area (TPSA) is 78.4 Å². The van der Waals surface area contributed by atoms with Crippen molar-refractivity contribution in [1.82, 2.24) is 0 Å². The van der Waals surface area contributed by atoms with Crippen molar-refractivity contribution in [1.29, 1.82) is 0 Å². The predicted molar refractivity (Wildman–Crippen MR) is 78.3 cm³/mol. The second-order valence-electron chi connectivity index (χ2n) is 5.85. The van der Waals surface area contributed by atoms with Crippen LogP contribution in [0.25, 0.3) is 0 Å². The Morgan fingerprint density at radius 1 is 1.35 bits per heavy atom. The number of nitrogen functional groups attached to an aromatic ring is 1. The van der Waals surface area contributed by atoms with E-state index in [1.807, 2.05) is 0 Å². The summed E-state index contributed by atoms with van der Waals surface area (Å²) in [5, 5.41) is 10.7. The van der Waals surface area contributed by atoms with E-state index in [1.165, 1.54) is 12.5 Å². The molecule has 0 aliphatic heterocycles. The summed E-state index contributed by atoms with van der Waals surface area (Å²) >= 11 is 0. The third kappa shape index (κ3) is 3.48. The lowest BCUT2D eigenvalue weighted by molar-refractivity contribution is -0.383. The van der Waals surface area contributed by atoms with E-state index in [1.54, 1.807) is 12.1 Å². The monoisotopic (exact) mass is 278 g/mol. The standard InChI is InChI=1S/C15H22N2O3/c1-10-3-5-13(7-11(10)2)20-9-12-4-6-15(17(18)19)14(16)8-12/h4,6,8,10-11,13H,3,5,7,9,16H2,1-2H3. The molecule has 1 aliphatic carbocycles. The van der Waals surface area contributed by atoms with Crippen LogP contribution >= 0.6 is 0 Å². The van der Waals surface area contributed by atoms with Crippen LogP contribution in [0.3, 0.4) is 0 Å². The molecule has 2 N–H and O–H groups in total. The van der Waals surface area contributed by atoms with E-state index in [0.29, 0.717) is 12.5 Å². The lowest BCUT2D eigenvalue weighted by Crippen LogP contribution is -2.26. The first-order valence-electron chi connectivity index (χ1n) is 7.11. The molecule has 5 nitrogen and oxygen atoms in total. The molecule has 1 aliphatic rings. The third-order valence-electron chi connectivity index (χ3n) is 4.32. The summed E-state index contributed by atoms with van der Waals surface area (Å²) in [6, 6.07) is 4.79. The van der Waals surface area contributed by atoms with Gasteiger partial charge in [0, 0.05) is 6.07 Å². The zero-order valence-corrected chi connectivity index (χ0v) is 12.0. The molecule has 1 aromatic carbocycles. The molecule has 20 heavy (non-hydrogen) atoms. The molecule has 0 saturated heterocycles. The van der Waals surface area contributed by atoms with Crippen molar-refractivity contribution in [3.05, 3.63) is 33.9 Å². The van der Waals surface area contributed by atoms with Gasteiger partial charge in [-0.25, -0.2) is 0 Å². The Balaban J connectivity index is 1.91. The van der Waals surface area contributed by atoms with E-state index in [0.717, 1.165) is 24.3 Å². The quantitative estimate of drug-likeness (QED) is 0.519. The molecule has 3 atom stereocenters. The molecule has 5 heteroatoms. The van der Waals surface area contributed by atoms with Crippen LogP contribution in [0.1, 0.15) is 38.7 Å². The highest BCUT2D eigenvalue weighted by atomic mass is 16.6. The minimum absolute atomic E-state index is 0.0473. The van der Waals surface area contributed by atoms with Crippen LogP contribution < -0.4 is 5.73 Å². The second kappa shape index (κ2) is 6.22. The molecule has 0 aromatic heterocycles. The summed E-state index contributed by atoms with van der Waals surface area (Å²) in [6.45, 7) is 5.02. The van der Waals surface area contributed by atoms with Gasteiger partial charge in [0.15, 0.2) is 0 Å². The normalized spacial score (nSPS) is 26.4. The Labute approximate surface area is 119 Å². The lowest BCUT2D eigenvalue weighted by Gasteiger charge is -2.32. The van der Waals surface area contributed by atoms with E-state index < -0.39 is 4.92 Å². The molecule has 1 saturated carbocycles. The number of anilines is 1. The Kier molecular flexibility index (Phi) is 4.60. The molecule has 1 aromatic rings. The molecular formula is C15H22N2O3. The smallest absolute Gasteiger partial charge is 0.292 e. The number of nitrogens with two attached hydrogens (primary N) is 1. The first-order valence-corrected chi connectivity index (χ1v) is 7.11. The van der Waals surface area contributed by atoms with Crippen molar-refractivity contribution >= 4 is 11.4 Å². The van der Waals surface area contributed by atoms with Crippen molar-refractivity contribution in [2.24, 2.45) is 11.8 Å². The van der Waals surface area contributed by atoms with E-state index in [2.05, 4.69) is 13.8 Å². The fraction of sp³-hybridized carbons (Fsp3) is 0.600. The largest absolute Gasteiger partial charge is 0.393 e. The number of benzene rings is 1. The molecule has 110 valence electrons. The number of nitro benzene ring substituents is 1. The Bertz CT molecular complexity index is 490. The maximum atomic E-state index is 10.7. The lowest BCUT2D eigenvalue weighted by atomic mass is 9.80. The van der Waals surface area contributed by atoms with Crippen LogP contribution in [0.2, 0.25) is 0 Å². The fourth-order valence-electron chi connectivity index (χ4n) is 2.72. The van der Waals surface area contributed by atoms with Gasteiger partial charge in [-0.05, 0) is 48.8 Å². The molecule has 2 rings (SSSR count). The minimum Gasteiger partial charge on any atom is -0.393 e. The SMILES string of the molecule is CC1CCC(OCc2ccc([N+](=O)[O-])c(N)c2)CC1C. The summed E-state index contributed by atoms with van der Waals surface area (Å²) in [4.78, 5) is 10.2. The third-order valence-corrected chi connectivity index (χ3v) is 4.32. The molecule has 0 spiro atoms. The maximum absolute atomic E-state index is 10.7. The molecule has 1 fully saturated rings. The maximum Gasteiger partial charge on any atom is 0.292 e. The Morgan fingerprint density at radius 3 is 2.70 bits per heavy atom. The van der Waals surface area contributed by atoms with Gasteiger partial charge in [-0.2, -0.15) is 0 Å². The Morgan fingerprint density at radius 2 is 2.10 bits per heavy atom. The molecule has 3 unspecified atom stereocenters. The highest BCUT2D eigenvalue weighted by Gasteiger charge is 2.25. The van der Waals surface area contributed by atoms with E-state index >= 15 is 0 Å². The summed E-state index contributed by atoms with van der Waals surface area (Å²) in [6.07, 6.45) is 3.67. The van der Waals surface area contributed by atoms with Gasteiger partial charge in [-0.1, -0.05) is 13.8 Å². The Hall–Kier alpha value is -1.62. The van der Waals surface area contributed by atoms with E-state index in [4.69, 9.17) is 10.5 Å². The highest BCUT2D eigenvalue weighted by Crippen LogP contribution is 2.31. The first-order chi connectivity index (χ1) is 9.47. The number of hydrogen-bond donors (Lipinski definition) is 1. The van der Waals surface area contributed by atoms with E-state index in [-0.39, 0.29) is 17.5 Å². The van der Waals surface area contributed by atoms with Gasteiger partial charge in [0.05, 0.1) is 17.6 Å². The van der Waals surface area contributed by atoms with Crippen molar-refractivity contribution < 1.29 is 9.66 Å². The summed E-state index contributed by atoms with van der Waals surface area (Å²) in [5.74, 6) is 1.46. The zero-order valence-electron chi connectivity index (χ0n) is 12.0. The molecule has 0 amide bonds. The van der Waals surface area contributed by atoms with Crippen LogP contribution in [0.5, 0.6) is 0 Å². The van der Waals surface area contributed by atoms with Crippen molar-refractivity contribution in [3.8, 4) is 0 Å². The molecular weight excluding hydrogens is 256 g/mol. The van der Waals surface area contributed by atoms with Gasteiger partial charge in [0.25, 0.3) is 5.69 Å². The average Bonchev–Trinajstić information content (AvgIpc) is 2.40. The summed E-state index contributed by atoms with van der Waals surface area (Å²) in [7, 11) is 0. The van der Waals surface area contributed by atoms with Crippen LogP contribution in [0.4, 0.5) is 11.4 Å². The fourth-order valence-corrected chi connectivity index (χ4v) is 2.72. The second-order valence-corrected chi connectivity index (χ2v) is 5.85. The first kappa shape index (κ1) is 14.8. The van der Waals surface area contributed by atoms with Gasteiger partial charge in [-0.15, -0.1) is 0 Å². The van der Waals surface area contributed by atoms with Crippen LogP contribution in [-0.2, 0) is 11.3 Å². The number of ether oxygens (including phenoxy) is 1. The number of nitro groups is 1. The van der Waals surface area contributed by atoms with E-state index in [9.17, 15) is 10.1 Å². The van der Waals surface area contributed by atoms with Crippen LogP contribution in [0.15, 0.2) is 18.2 Å². The average molecular weight is 278 g/mol. The summed E-state index contributed by atoms with van der Waals surface area (Å²) in [5.41, 5.74) is 6.71. The zero-order chi connectivity index (χ0) is 14.7. The van der Waals surface area contributed by atoms with Gasteiger partial charge in [-0.3, -0.25) is 10.1 Å². The number of rotatable bonds is 4. The predicted octanol–water partition coefficient (Wildman–Crippen LogP) is 3.52. The van der Waals surface area contributed by atoms with Gasteiger partial charge in [0.2, 0.25) is 0 Å². The van der Waals surface area contributed by atoms with Crippen molar-refractivity contribution in [2.75, 3.05) is 5.73 Å². The highest BCUT2D eigenvalue weighted by molar-refractivity contribution is 5.59. The number of hydrogen-bond acceptors (Lipinski definition) is 4. The van der Waals surface area contributed by atoms with Crippen LogP contribution in [-0.4, -0.2) is 11.0 Å². The summed E-state index contributed by atoms with van der Waals surface area (Å²) < 4.78 is 5.92.